The van der Waals surface area contributed by atoms with Crippen molar-refractivity contribution in [3.63, 3.8) is 0 Å². The third kappa shape index (κ3) is 4.31. The molecule has 0 saturated carbocycles. The molecule has 0 radical (unpaired) electrons. The number of aromatic nitrogens is 4. The minimum atomic E-state index is -3.70. The molecule has 0 aliphatic carbocycles. The number of benzene rings is 1. The van der Waals surface area contributed by atoms with Crippen LogP contribution in [0, 0.1) is 13.8 Å². The van der Waals surface area contributed by atoms with Crippen LogP contribution in [0.4, 0.5) is 0 Å². The van der Waals surface area contributed by atoms with Crippen molar-refractivity contribution in [3.05, 3.63) is 35.7 Å². The molecular formula is C18H20N6O3S3. The predicted octanol–water partition coefficient (Wildman–Crippen LogP) is 1.72. The van der Waals surface area contributed by atoms with Crippen LogP contribution in [0.1, 0.15) is 11.4 Å². The molecule has 1 aromatic carbocycles. The Labute approximate surface area is 182 Å². The number of aryl methyl sites for hydroxylation is 2. The van der Waals surface area contributed by atoms with E-state index >= 15 is 0 Å². The lowest BCUT2D eigenvalue weighted by molar-refractivity contribution is -0.129. The van der Waals surface area contributed by atoms with Crippen molar-refractivity contribution in [1.29, 1.82) is 0 Å². The molecule has 1 fully saturated rings. The van der Waals surface area contributed by atoms with Gasteiger partial charge in [0.15, 0.2) is 5.16 Å². The lowest BCUT2D eigenvalue weighted by atomic mass is 10.3. The maximum absolute atomic E-state index is 13.1. The first-order chi connectivity index (χ1) is 14.3. The van der Waals surface area contributed by atoms with Crippen LogP contribution >= 0.6 is 23.5 Å². The topological polar surface area (TPSA) is 109 Å². The van der Waals surface area contributed by atoms with Crippen molar-refractivity contribution in [2.45, 2.75) is 23.9 Å². The number of hydrogen-bond acceptors (Lipinski definition) is 9. The second-order valence-corrected chi connectivity index (χ2v) is 10.3. The van der Waals surface area contributed by atoms with Gasteiger partial charge in [-0.3, -0.25) is 4.79 Å². The molecule has 9 nitrogen and oxygen atoms in total. The van der Waals surface area contributed by atoms with Crippen molar-refractivity contribution in [3.8, 4) is 0 Å². The number of thioether (sulfide) groups is 1. The number of carbonyl (C=O) groups is 1. The van der Waals surface area contributed by atoms with Crippen LogP contribution in [0.5, 0.6) is 0 Å². The Hall–Kier alpha value is -2.15. The van der Waals surface area contributed by atoms with Crippen molar-refractivity contribution in [2.75, 3.05) is 31.9 Å². The van der Waals surface area contributed by atoms with Gasteiger partial charge in [0.2, 0.25) is 15.9 Å². The Bertz CT molecular complexity index is 1170. The summed E-state index contributed by atoms with van der Waals surface area (Å²) >= 11 is 2.29. The first-order valence-electron chi connectivity index (χ1n) is 9.29. The Morgan fingerprint density at radius 1 is 1.10 bits per heavy atom. The highest BCUT2D eigenvalue weighted by Gasteiger charge is 2.32. The molecule has 158 valence electrons. The molecule has 0 atom stereocenters. The van der Waals surface area contributed by atoms with Crippen molar-refractivity contribution < 1.29 is 13.2 Å². The third-order valence-electron chi connectivity index (χ3n) is 4.74. The maximum Gasteiger partial charge on any atom is 0.245 e. The van der Waals surface area contributed by atoms with Crippen molar-refractivity contribution in [2.24, 2.45) is 0 Å². The Balaban J connectivity index is 1.38. The van der Waals surface area contributed by atoms with Gasteiger partial charge < -0.3 is 4.90 Å². The van der Waals surface area contributed by atoms with Crippen LogP contribution in [0.3, 0.4) is 0 Å². The summed E-state index contributed by atoms with van der Waals surface area (Å²) in [5.74, 6) is 0.171. The number of rotatable bonds is 5. The van der Waals surface area contributed by atoms with Crippen molar-refractivity contribution in [1.82, 2.24) is 27.9 Å². The van der Waals surface area contributed by atoms with Gasteiger partial charge >= 0.3 is 0 Å². The lowest BCUT2D eigenvalue weighted by Crippen LogP contribution is -2.51. The SMILES string of the molecule is Cc1cc(C)nc(SCC(=O)N2CCN(S(=O)(=O)c3cccc4nsnc34)CC2)n1. The number of fused-ring (bicyclic) bond motifs is 1. The molecule has 1 saturated heterocycles. The van der Waals surface area contributed by atoms with Crippen LogP contribution in [-0.2, 0) is 14.8 Å². The Morgan fingerprint density at radius 3 is 2.50 bits per heavy atom. The molecule has 4 rings (SSSR count). The summed E-state index contributed by atoms with van der Waals surface area (Å²) < 4.78 is 35.8. The maximum atomic E-state index is 13.1. The average Bonchev–Trinajstić information content (AvgIpc) is 3.20. The lowest BCUT2D eigenvalue weighted by Gasteiger charge is -2.34. The fraction of sp³-hybridized carbons (Fsp3) is 0.389. The first-order valence-corrected chi connectivity index (χ1v) is 12.4. The second kappa shape index (κ2) is 8.53. The van der Waals surface area contributed by atoms with Gasteiger partial charge in [0.25, 0.3) is 0 Å². The summed E-state index contributed by atoms with van der Waals surface area (Å²) in [6.45, 7) is 4.96. The quantitative estimate of drug-likeness (QED) is 0.415. The fourth-order valence-corrected chi connectivity index (χ4v) is 6.31. The highest BCUT2D eigenvalue weighted by atomic mass is 32.2. The number of carbonyl (C=O) groups excluding carboxylic acids is 1. The number of amides is 1. The zero-order valence-electron chi connectivity index (χ0n) is 16.5. The van der Waals surface area contributed by atoms with Gasteiger partial charge in [-0.2, -0.15) is 13.1 Å². The molecule has 30 heavy (non-hydrogen) atoms. The molecule has 2 aromatic heterocycles. The van der Waals surface area contributed by atoms with Gasteiger partial charge in [-0.25, -0.2) is 18.4 Å². The summed E-state index contributed by atoms with van der Waals surface area (Å²) in [6, 6.07) is 6.85. The molecule has 12 heteroatoms. The molecule has 0 bridgehead atoms. The highest BCUT2D eigenvalue weighted by molar-refractivity contribution is 7.99. The monoisotopic (exact) mass is 464 g/mol. The van der Waals surface area contributed by atoms with E-state index in [4.69, 9.17) is 0 Å². The van der Waals surface area contributed by atoms with Crippen molar-refractivity contribution >= 4 is 50.5 Å². The van der Waals surface area contributed by atoms with Gasteiger partial charge in [0, 0.05) is 37.6 Å². The number of nitrogens with zero attached hydrogens (tertiary/aromatic N) is 6. The predicted molar refractivity (Wildman–Crippen MR) is 115 cm³/mol. The largest absolute Gasteiger partial charge is 0.339 e. The molecule has 1 aliphatic rings. The van der Waals surface area contributed by atoms with Crippen LogP contribution < -0.4 is 0 Å². The van der Waals surface area contributed by atoms with Gasteiger partial charge in [-0.1, -0.05) is 17.8 Å². The Kier molecular flexibility index (Phi) is 6.00. The minimum Gasteiger partial charge on any atom is -0.339 e. The summed E-state index contributed by atoms with van der Waals surface area (Å²) in [7, 11) is -3.70. The highest BCUT2D eigenvalue weighted by Crippen LogP contribution is 2.25. The zero-order chi connectivity index (χ0) is 21.3. The summed E-state index contributed by atoms with van der Waals surface area (Å²) in [4.78, 5) is 23.1. The Morgan fingerprint density at radius 2 is 1.80 bits per heavy atom. The van der Waals surface area contributed by atoms with Gasteiger partial charge in [-0.05, 0) is 32.0 Å². The van der Waals surface area contributed by atoms with Gasteiger partial charge in [0.1, 0.15) is 15.9 Å². The van der Waals surface area contributed by atoms with E-state index in [1.165, 1.54) is 16.1 Å². The van der Waals surface area contributed by atoms with E-state index in [9.17, 15) is 13.2 Å². The minimum absolute atomic E-state index is 0.0504. The molecule has 1 aliphatic heterocycles. The van der Waals surface area contributed by atoms with E-state index < -0.39 is 10.0 Å². The number of sulfonamides is 1. The zero-order valence-corrected chi connectivity index (χ0v) is 18.9. The summed E-state index contributed by atoms with van der Waals surface area (Å²) in [5.41, 5.74) is 2.69. The first kappa shape index (κ1) is 21.1. The summed E-state index contributed by atoms with van der Waals surface area (Å²) in [5, 5.41) is 0.576. The third-order valence-corrected chi connectivity index (χ3v) is 8.05. The molecule has 3 heterocycles. The second-order valence-electron chi connectivity index (χ2n) is 6.89. The molecule has 0 N–H and O–H groups in total. The molecule has 3 aromatic rings. The van der Waals surface area contributed by atoms with E-state index in [0.29, 0.717) is 29.3 Å². The molecule has 0 spiro atoms. The number of hydrogen-bond donors (Lipinski definition) is 0. The van der Waals surface area contributed by atoms with E-state index in [1.54, 1.807) is 23.1 Å². The molecule has 0 unspecified atom stereocenters. The van der Waals surface area contributed by atoms with E-state index in [1.807, 2.05) is 19.9 Å². The smallest absolute Gasteiger partial charge is 0.245 e. The van der Waals surface area contributed by atoms with Gasteiger partial charge in [-0.15, -0.1) is 0 Å². The van der Waals surface area contributed by atoms with Crippen LogP contribution in [0.2, 0.25) is 0 Å². The molecular weight excluding hydrogens is 444 g/mol. The standard InChI is InChI=1S/C18H20N6O3S3/c1-12-10-13(2)20-18(19-12)28-11-16(25)23-6-8-24(9-7-23)30(26,27)15-5-3-4-14-17(15)22-29-21-14/h3-5,10H,6-9,11H2,1-2H3. The summed E-state index contributed by atoms with van der Waals surface area (Å²) in [6.07, 6.45) is 0. The van der Waals surface area contributed by atoms with Crippen LogP contribution in [0.25, 0.3) is 11.0 Å². The van der Waals surface area contributed by atoms with E-state index in [0.717, 1.165) is 23.1 Å². The fourth-order valence-electron chi connectivity index (χ4n) is 3.28. The van der Waals surface area contributed by atoms with E-state index in [2.05, 4.69) is 18.7 Å². The van der Waals surface area contributed by atoms with E-state index in [-0.39, 0.29) is 29.6 Å². The van der Waals surface area contributed by atoms with Crippen LogP contribution in [0.15, 0.2) is 34.3 Å². The number of piperazine rings is 1. The molecule has 1 amide bonds. The van der Waals surface area contributed by atoms with Gasteiger partial charge in [0.05, 0.1) is 17.5 Å². The average molecular weight is 465 g/mol. The normalized spacial score (nSPS) is 15.6. The van der Waals surface area contributed by atoms with Crippen LogP contribution in [-0.4, -0.2) is 74.2 Å².